The van der Waals surface area contributed by atoms with Gasteiger partial charge in [0.05, 0.1) is 5.69 Å². The first-order valence-corrected chi connectivity index (χ1v) is 9.78. The molecule has 2 aromatic rings. The molecule has 138 valence electrons. The van der Waals surface area contributed by atoms with Crippen molar-refractivity contribution in [3.8, 4) is 11.4 Å². The van der Waals surface area contributed by atoms with E-state index in [9.17, 15) is 4.79 Å². The average molecular weight is 352 g/mol. The molecule has 0 atom stereocenters. The molecule has 0 aliphatic carbocycles. The predicted octanol–water partition coefficient (Wildman–Crippen LogP) is 2.97. The molecule has 26 heavy (non-hydrogen) atoms. The molecule has 0 spiro atoms. The summed E-state index contributed by atoms with van der Waals surface area (Å²) >= 11 is 0. The predicted molar refractivity (Wildman–Crippen MR) is 103 cm³/mol. The van der Waals surface area contributed by atoms with E-state index in [4.69, 9.17) is 4.98 Å². The Kier molecular flexibility index (Phi) is 4.81. The van der Waals surface area contributed by atoms with Crippen LogP contribution in [0.5, 0.6) is 0 Å². The average Bonchev–Trinajstić information content (AvgIpc) is 2.84. The minimum absolute atomic E-state index is 0.113. The zero-order valence-electron chi connectivity index (χ0n) is 15.9. The van der Waals surface area contributed by atoms with Crippen LogP contribution < -0.4 is 0 Å². The van der Waals surface area contributed by atoms with Crippen molar-refractivity contribution >= 4 is 5.91 Å². The zero-order chi connectivity index (χ0) is 18.1. The van der Waals surface area contributed by atoms with Gasteiger partial charge in [-0.2, -0.15) is 0 Å². The molecular weight excluding hydrogens is 324 g/mol. The molecule has 1 aromatic carbocycles. The van der Waals surface area contributed by atoms with Crippen LogP contribution in [-0.4, -0.2) is 58.5 Å². The number of aromatic nitrogens is 2. The maximum Gasteiger partial charge on any atom is 0.274 e. The van der Waals surface area contributed by atoms with Crippen LogP contribution in [0.2, 0.25) is 0 Å². The SMILES string of the molecule is Cc1ccc(-c2nc(C(=O)N3CCN(C)CC3)c3n2CCCCC3)cc1. The lowest BCUT2D eigenvalue weighted by atomic mass is 10.1. The molecule has 4 rings (SSSR count). The highest BCUT2D eigenvalue weighted by atomic mass is 16.2. The smallest absolute Gasteiger partial charge is 0.274 e. The van der Waals surface area contributed by atoms with Crippen molar-refractivity contribution in [1.29, 1.82) is 0 Å². The number of rotatable bonds is 2. The highest BCUT2D eigenvalue weighted by Crippen LogP contribution is 2.28. The van der Waals surface area contributed by atoms with Crippen molar-refractivity contribution in [2.75, 3.05) is 33.2 Å². The molecule has 2 aliphatic heterocycles. The topological polar surface area (TPSA) is 41.4 Å². The van der Waals surface area contributed by atoms with Gasteiger partial charge in [0.2, 0.25) is 0 Å². The number of likely N-dealkylation sites (N-methyl/N-ethyl adjacent to an activating group) is 1. The molecule has 1 aromatic heterocycles. The van der Waals surface area contributed by atoms with Gasteiger partial charge in [-0.05, 0) is 33.2 Å². The van der Waals surface area contributed by atoms with Gasteiger partial charge in [-0.3, -0.25) is 4.79 Å². The molecule has 0 saturated carbocycles. The lowest BCUT2D eigenvalue weighted by molar-refractivity contribution is 0.0657. The van der Waals surface area contributed by atoms with Crippen LogP contribution in [0.3, 0.4) is 0 Å². The molecule has 3 heterocycles. The van der Waals surface area contributed by atoms with E-state index in [1.54, 1.807) is 0 Å². The van der Waals surface area contributed by atoms with Gasteiger partial charge in [-0.15, -0.1) is 0 Å². The van der Waals surface area contributed by atoms with Gasteiger partial charge >= 0.3 is 0 Å². The second kappa shape index (κ2) is 7.23. The number of imidazole rings is 1. The standard InChI is InChI=1S/C21H28N4O/c1-16-7-9-17(10-8-16)20-22-19(18-6-4-3-5-11-25(18)20)21(26)24-14-12-23(2)13-15-24/h7-10H,3-6,11-15H2,1-2H3. The molecule has 2 aliphatic rings. The maximum atomic E-state index is 13.2. The number of aryl methyl sites for hydroxylation is 1. The first-order valence-electron chi connectivity index (χ1n) is 9.78. The number of hydrogen-bond donors (Lipinski definition) is 0. The molecule has 1 fully saturated rings. The number of carbonyl (C=O) groups is 1. The second-order valence-electron chi connectivity index (χ2n) is 7.65. The van der Waals surface area contributed by atoms with Gasteiger partial charge < -0.3 is 14.4 Å². The van der Waals surface area contributed by atoms with E-state index in [0.717, 1.165) is 69.1 Å². The molecule has 0 bridgehead atoms. The summed E-state index contributed by atoms with van der Waals surface area (Å²) in [6.07, 6.45) is 4.47. The molecule has 0 N–H and O–H groups in total. The van der Waals surface area contributed by atoms with Gasteiger partial charge in [-0.1, -0.05) is 36.2 Å². The van der Waals surface area contributed by atoms with Gasteiger partial charge in [0.1, 0.15) is 11.5 Å². The van der Waals surface area contributed by atoms with Gasteiger partial charge in [0.15, 0.2) is 0 Å². The van der Waals surface area contributed by atoms with E-state index in [0.29, 0.717) is 5.69 Å². The third-order valence-electron chi connectivity index (χ3n) is 5.67. The summed E-state index contributed by atoms with van der Waals surface area (Å²) < 4.78 is 2.31. The summed E-state index contributed by atoms with van der Waals surface area (Å²) in [6, 6.07) is 8.49. The highest BCUT2D eigenvalue weighted by molar-refractivity contribution is 5.94. The third-order valence-corrected chi connectivity index (χ3v) is 5.67. The van der Waals surface area contributed by atoms with Crippen LogP contribution in [-0.2, 0) is 13.0 Å². The van der Waals surface area contributed by atoms with E-state index in [-0.39, 0.29) is 5.91 Å². The fourth-order valence-electron chi connectivity index (χ4n) is 3.97. The van der Waals surface area contributed by atoms with Crippen molar-refractivity contribution in [2.24, 2.45) is 0 Å². The lowest BCUT2D eigenvalue weighted by Gasteiger charge is -2.32. The Balaban J connectivity index is 1.72. The van der Waals surface area contributed by atoms with Crippen molar-refractivity contribution in [2.45, 2.75) is 39.2 Å². The van der Waals surface area contributed by atoms with Crippen molar-refractivity contribution < 1.29 is 4.79 Å². The first-order chi connectivity index (χ1) is 12.6. The number of nitrogens with zero attached hydrogens (tertiary/aromatic N) is 4. The van der Waals surface area contributed by atoms with Crippen molar-refractivity contribution in [3.05, 3.63) is 41.2 Å². The monoisotopic (exact) mass is 352 g/mol. The summed E-state index contributed by atoms with van der Waals surface area (Å²) in [4.78, 5) is 22.4. The Bertz CT molecular complexity index is 785. The number of piperazine rings is 1. The molecule has 1 saturated heterocycles. The first kappa shape index (κ1) is 17.3. The molecule has 5 nitrogen and oxygen atoms in total. The molecular formula is C21H28N4O. The minimum atomic E-state index is 0.113. The highest BCUT2D eigenvalue weighted by Gasteiger charge is 2.28. The van der Waals surface area contributed by atoms with E-state index in [1.165, 1.54) is 12.0 Å². The number of fused-ring (bicyclic) bond motifs is 1. The molecule has 0 radical (unpaired) electrons. The zero-order valence-corrected chi connectivity index (χ0v) is 15.9. The van der Waals surface area contributed by atoms with Crippen LogP contribution in [0.25, 0.3) is 11.4 Å². The quantitative estimate of drug-likeness (QED) is 0.834. The molecule has 0 unspecified atom stereocenters. The van der Waals surface area contributed by atoms with Crippen LogP contribution in [0.15, 0.2) is 24.3 Å². The summed E-state index contributed by atoms with van der Waals surface area (Å²) in [7, 11) is 2.11. The Morgan fingerprint density at radius 2 is 1.69 bits per heavy atom. The maximum absolute atomic E-state index is 13.2. The van der Waals surface area contributed by atoms with E-state index < -0.39 is 0 Å². The summed E-state index contributed by atoms with van der Waals surface area (Å²) in [5, 5.41) is 0. The van der Waals surface area contributed by atoms with E-state index in [2.05, 4.69) is 47.7 Å². The van der Waals surface area contributed by atoms with Gasteiger partial charge in [0.25, 0.3) is 5.91 Å². The number of hydrogen-bond acceptors (Lipinski definition) is 3. The number of carbonyl (C=O) groups excluding carboxylic acids is 1. The third kappa shape index (κ3) is 3.28. The lowest BCUT2D eigenvalue weighted by Crippen LogP contribution is -2.47. The second-order valence-corrected chi connectivity index (χ2v) is 7.65. The number of amides is 1. The van der Waals surface area contributed by atoms with E-state index in [1.807, 2.05) is 4.90 Å². The fraction of sp³-hybridized carbons (Fsp3) is 0.524. The van der Waals surface area contributed by atoms with Gasteiger partial charge in [0, 0.05) is 38.3 Å². The van der Waals surface area contributed by atoms with Gasteiger partial charge in [-0.25, -0.2) is 4.98 Å². The Morgan fingerprint density at radius 1 is 0.962 bits per heavy atom. The molecule has 5 heteroatoms. The Hall–Kier alpha value is -2.14. The van der Waals surface area contributed by atoms with E-state index >= 15 is 0 Å². The van der Waals surface area contributed by atoms with Crippen LogP contribution >= 0.6 is 0 Å². The van der Waals surface area contributed by atoms with Crippen molar-refractivity contribution in [3.63, 3.8) is 0 Å². The minimum Gasteiger partial charge on any atom is -0.335 e. The van der Waals surface area contributed by atoms with Crippen LogP contribution in [0, 0.1) is 6.92 Å². The Morgan fingerprint density at radius 3 is 2.42 bits per heavy atom. The van der Waals surface area contributed by atoms with Crippen LogP contribution in [0.4, 0.5) is 0 Å². The summed E-state index contributed by atoms with van der Waals surface area (Å²) in [5.74, 6) is 1.07. The summed E-state index contributed by atoms with van der Waals surface area (Å²) in [6.45, 7) is 6.52. The molecule has 1 amide bonds. The van der Waals surface area contributed by atoms with Crippen LogP contribution in [0.1, 0.15) is 41.0 Å². The Labute approximate surface area is 155 Å². The largest absolute Gasteiger partial charge is 0.335 e. The summed E-state index contributed by atoms with van der Waals surface area (Å²) in [5.41, 5.74) is 4.18. The fourth-order valence-corrected chi connectivity index (χ4v) is 3.97. The van der Waals surface area contributed by atoms with Crippen molar-refractivity contribution in [1.82, 2.24) is 19.4 Å². The number of benzene rings is 1. The normalized spacial score (nSPS) is 18.5.